The van der Waals surface area contributed by atoms with Gasteiger partial charge in [-0.05, 0) is 110 Å². The van der Waals surface area contributed by atoms with Crippen LogP contribution in [0.4, 0.5) is 0 Å². The number of fused-ring (bicyclic) bond motifs is 1. The predicted octanol–water partition coefficient (Wildman–Crippen LogP) is 5.99. The van der Waals surface area contributed by atoms with Gasteiger partial charge in [-0.1, -0.05) is 11.6 Å². The van der Waals surface area contributed by atoms with E-state index in [1.54, 1.807) is 24.6 Å². The quantitative estimate of drug-likeness (QED) is 0.394. The molecule has 2 unspecified atom stereocenters. The molecule has 0 radical (unpaired) electrons. The van der Waals surface area contributed by atoms with Crippen LogP contribution in [-0.4, -0.2) is 47.8 Å². The summed E-state index contributed by atoms with van der Waals surface area (Å²) in [5.41, 5.74) is 3.57. The standard InChI is InChI=1S/C26H33ClN2O2S/c1-31-22-7-8-26-24(15-22)23(25(27)16-28-26)6-2-5-21-14-20(17-30)9-12-29(21)11-3-4-19-10-13-32-18-19/h7-8,10,13,15-16,18,20-21,30H,2-6,9,11-12,14,17H2,1H3. The Bertz CT molecular complexity index is 995. The van der Waals surface area contributed by atoms with E-state index >= 15 is 0 Å². The number of aromatic nitrogens is 1. The molecule has 1 saturated heterocycles. The number of thiophene rings is 1. The van der Waals surface area contributed by atoms with Crippen LogP contribution >= 0.6 is 22.9 Å². The molecule has 0 aliphatic carbocycles. The molecule has 2 atom stereocenters. The molecule has 1 fully saturated rings. The molecule has 1 aliphatic heterocycles. The third-order valence-corrected chi connectivity index (χ3v) is 7.85. The summed E-state index contributed by atoms with van der Waals surface area (Å²) in [6.07, 6.45) is 9.42. The number of likely N-dealkylation sites (tertiary alicyclic amines) is 1. The Morgan fingerprint density at radius 1 is 1.25 bits per heavy atom. The lowest BCUT2D eigenvalue weighted by molar-refractivity contribution is 0.0743. The van der Waals surface area contributed by atoms with Crippen LogP contribution in [-0.2, 0) is 12.8 Å². The molecule has 2 aromatic heterocycles. The van der Waals surface area contributed by atoms with E-state index < -0.39 is 0 Å². The van der Waals surface area contributed by atoms with E-state index in [1.165, 1.54) is 12.0 Å². The molecule has 0 spiro atoms. The second-order valence-corrected chi connectivity index (χ2v) is 10.0. The summed E-state index contributed by atoms with van der Waals surface area (Å²) in [5.74, 6) is 1.26. The Morgan fingerprint density at radius 2 is 2.16 bits per heavy atom. The van der Waals surface area contributed by atoms with Gasteiger partial charge in [0, 0.05) is 24.2 Å². The van der Waals surface area contributed by atoms with Gasteiger partial charge in [0.15, 0.2) is 0 Å². The number of pyridine rings is 1. The van der Waals surface area contributed by atoms with Gasteiger partial charge < -0.3 is 14.7 Å². The highest BCUT2D eigenvalue weighted by Gasteiger charge is 2.27. The van der Waals surface area contributed by atoms with Crippen LogP contribution in [0, 0.1) is 5.92 Å². The van der Waals surface area contributed by atoms with Gasteiger partial charge in [-0.15, -0.1) is 0 Å². The van der Waals surface area contributed by atoms with E-state index in [9.17, 15) is 5.11 Å². The van der Waals surface area contributed by atoms with Crippen molar-refractivity contribution in [2.24, 2.45) is 5.92 Å². The first-order chi connectivity index (χ1) is 15.7. The number of benzene rings is 1. The fourth-order valence-electron chi connectivity index (χ4n) is 4.96. The van der Waals surface area contributed by atoms with Crippen molar-refractivity contribution >= 4 is 33.8 Å². The fraction of sp³-hybridized carbons (Fsp3) is 0.500. The molecule has 4 rings (SSSR count). The van der Waals surface area contributed by atoms with E-state index in [2.05, 4.69) is 26.7 Å². The molecule has 0 saturated carbocycles. The van der Waals surface area contributed by atoms with Crippen molar-refractivity contribution in [3.63, 3.8) is 0 Å². The number of halogens is 1. The predicted molar refractivity (Wildman–Crippen MR) is 134 cm³/mol. The number of aliphatic hydroxyl groups excluding tert-OH is 1. The molecule has 172 valence electrons. The lowest BCUT2D eigenvalue weighted by atomic mass is 9.88. The first kappa shape index (κ1) is 23.5. The number of piperidine rings is 1. The monoisotopic (exact) mass is 472 g/mol. The number of methoxy groups -OCH3 is 1. The highest BCUT2D eigenvalue weighted by Crippen LogP contribution is 2.31. The number of nitrogens with zero attached hydrogens (tertiary/aromatic N) is 2. The number of aryl methyl sites for hydroxylation is 2. The Balaban J connectivity index is 1.39. The van der Waals surface area contributed by atoms with E-state index in [1.807, 2.05) is 18.2 Å². The normalized spacial score (nSPS) is 19.5. The first-order valence-corrected chi connectivity index (χ1v) is 13.0. The van der Waals surface area contributed by atoms with Crippen LogP contribution in [0.1, 0.15) is 43.2 Å². The summed E-state index contributed by atoms with van der Waals surface area (Å²) in [6.45, 7) is 2.53. The minimum absolute atomic E-state index is 0.305. The molecule has 3 heterocycles. The SMILES string of the molecule is COc1ccc2ncc(Cl)c(CCCC3CC(CO)CCN3CCCc3ccsc3)c2c1. The summed E-state index contributed by atoms with van der Waals surface area (Å²) < 4.78 is 5.42. The van der Waals surface area contributed by atoms with E-state index in [0.29, 0.717) is 18.6 Å². The van der Waals surface area contributed by atoms with Gasteiger partial charge in [0.05, 0.1) is 17.6 Å². The molecule has 6 heteroatoms. The average molecular weight is 473 g/mol. The van der Waals surface area contributed by atoms with Crippen molar-refractivity contribution in [1.29, 1.82) is 0 Å². The summed E-state index contributed by atoms with van der Waals surface area (Å²) >= 11 is 8.34. The van der Waals surface area contributed by atoms with Crippen molar-refractivity contribution in [3.05, 3.63) is 57.4 Å². The van der Waals surface area contributed by atoms with Crippen molar-refractivity contribution in [2.75, 3.05) is 26.8 Å². The molecular weight excluding hydrogens is 440 g/mol. The van der Waals surface area contributed by atoms with E-state index in [0.717, 1.165) is 78.9 Å². The maximum absolute atomic E-state index is 9.75. The largest absolute Gasteiger partial charge is 0.497 e. The zero-order chi connectivity index (χ0) is 22.3. The highest BCUT2D eigenvalue weighted by molar-refractivity contribution is 7.07. The molecule has 32 heavy (non-hydrogen) atoms. The van der Waals surface area contributed by atoms with Crippen molar-refractivity contribution in [2.45, 2.75) is 51.0 Å². The molecule has 1 aliphatic rings. The minimum atomic E-state index is 0.305. The summed E-state index contributed by atoms with van der Waals surface area (Å²) in [7, 11) is 1.69. The fourth-order valence-corrected chi connectivity index (χ4v) is 5.91. The molecule has 0 amide bonds. The van der Waals surface area contributed by atoms with E-state index in [4.69, 9.17) is 16.3 Å². The van der Waals surface area contributed by atoms with Gasteiger partial charge in [-0.3, -0.25) is 4.98 Å². The van der Waals surface area contributed by atoms with Gasteiger partial charge in [0.25, 0.3) is 0 Å². The van der Waals surface area contributed by atoms with Crippen LogP contribution in [0.2, 0.25) is 5.02 Å². The summed E-state index contributed by atoms with van der Waals surface area (Å²) in [5, 5.41) is 16.0. The maximum Gasteiger partial charge on any atom is 0.119 e. The topological polar surface area (TPSA) is 45.6 Å². The molecule has 4 nitrogen and oxygen atoms in total. The Hall–Kier alpha value is -1.66. The number of hydrogen-bond donors (Lipinski definition) is 1. The minimum Gasteiger partial charge on any atom is -0.497 e. The second kappa shape index (κ2) is 11.5. The smallest absolute Gasteiger partial charge is 0.119 e. The van der Waals surface area contributed by atoms with Crippen LogP contribution in [0.3, 0.4) is 0 Å². The third-order valence-electron chi connectivity index (χ3n) is 6.79. The van der Waals surface area contributed by atoms with Crippen molar-refractivity contribution < 1.29 is 9.84 Å². The molecule has 1 aromatic carbocycles. The van der Waals surface area contributed by atoms with Gasteiger partial charge in [0.1, 0.15) is 5.75 Å². The molecule has 3 aromatic rings. The van der Waals surface area contributed by atoms with Gasteiger partial charge in [0.2, 0.25) is 0 Å². The number of aliphatic hydroxyl groups is 1. The molecular formula is C26H33ClN2O2S. The number of ether oxygens (including phenoxy) is 1. The summed E-state index contributed by atoms with van der Waals surface area (Å²) in [6, 6.07) is 8.75. The van der Waals surface area contributed by atoms with Gasteiger partial charge >= 0.3 is 0 Å². The van der Waals surface area contributed by atoms with Crippen LogP contribution < -0.4 is 4.74 Å². The average Bonchev–Trinajstić information content (AvgIpc) is 3.34. The lowest BCUT2D eigenvalue weighted by Gasteiger charge is -2.39. The van der Waals surface area contributed by atoms with Crippen molar-refractivity contribution in [3.8, 4) is 5.75 Å². The Labute approximate surface area is 200 Å². The van der Waals surface area contributed by atoms with Gasteiger partial charge in [-0.2, -0.15) is 11.3 Å². The van der Waals surface area contributed by atoms with Gasteiger partial charge in [-0.25, -0.2) is 0 Å². The number of hydrogen-bond acceptors (Lipinski definition) is 5. The zero-order valence-electron chi connectivity index (χ0n) is 18.8. The zero-order valence-corrected chi connectivity index (χ0v) is 20.4. The Morgan fingerprint density at radius 3 is 2.94 bits per heavy atom. The summed E-state index contributed by atoms with van der Waals surface area (Å²) in [4.78, 5) is 7.14. The first-order valence-electron chi connectivity index (χ1n) is 11.6. The molecule has 1 N–H and O–H groups in total. The second-order valence-electron chi connectivity index (χ2n) is 8.86. The van der Waals surface area contributed by atoms with Crippen LogP contribution in [0.25, 0.3) is 10.9 Å². The highest BCUT2D eigenvalue weighted by atomic mass is 35.5. The van der Waals surface area contributed by atoms with E-state index in [-0.39, 0.29) is 0 Å². The third kappa shape index (κ3) is 5.82. The van der Waals surface area contributed by atoms with Crippen LogP contribution in [0.5, 0.6) is 5.75 Å². The van der Waals surface area contributed by atoms with Crippen molar-refractivity contribution in [1.82, 2.24) is 9.88 Å². The lowest BCUT2D eigenvalue weighted by Crippen LogP contribution is -2.43. The number of rotatable bonds is 10. The Kier molecular flexibility index (Phi) is 8.42. The van der Waals surface area contributed by atoms with Crippen LogP contribution in [0.15, 0.2) is 41.2 Å². The molecule has 0 bridgehead atoms. The maximum atomic E-state index is 9.75.